The molecule has 0 bridgehead atoms. The van der Waals surface area contributed by atoms with Crippen LogP contribution >= 0.6 is 0 Å². The van der Waals surface area contributed by atoms with Gasteiger partial charge in [-0.1, -0.05) is 0 Å². The molecule has 0 saturated heterocycles. The van der Waals surface area contributed by atoms with E-state index in [1.165, 1.54) is 24.3 Å². The van der Waals surface area contributed by atoms with Crippen molar-refractivity contribution in [2.75, 3.05) is 6.54 Å². The van der Waals surface area contributed by atoms with E-state index in [0.717, 1.165) is 0 Å². The van der Waals surface area contributed by atoms with Crippen LogP contribution in [0.1, 0.15) is 27.7 Å². The van der Waals surface area contributed by atoms with Gasteiger partial charge >= 0.3 is 6.09 Å². The zero-order chi connectivity index (χ0) is 13.1. The first-order valence-corrected chi connectivity index (χ1v) is 5.59. The third-order valence-electron chi connectivity index (χ3n) is 2.37. The summed E-state index contributed by atoms with van der Waals surface area (Å²) in [4.78, 5) is 13.5. The summed E-state index contributed by atoms with van der Waals surface area (Å²) in [6, 6.07) is 5.39. The predicted octanol–water partition coefficient (Wildman–Crippen LogP) is 3.44. The highest BCUT2D eigenvalue weighted by molar-refractivity contribution is 5.71. The highest BCUT2D eigenvalue weighted by atomic mass is 19.1. The molecule has 1 rings (SSSR count). The van der Waals surface area contributed by atoms with E-state index in [0.29, 0.717) is 12.3 Å². The van der Waals surface area contributed by atoms with Gasteiger partial charge in [0.1, 0.15) is 11.6 Å². The van der Waals surface area contributed by atoms with Crippen molar-refractivity contribution in [1.82, 2.24) is 4.90 Å². The molecule has 0 fully saturated rings. The Labute approximate surface area is 101 Å². The van der Waals surface area contributed by atoms with Crippen molar-refractivity contribution in [2.45, 2.75) is 33.2 Å². The average Bonchev–Trinajstić information content (AvgIpc) is 2.20. The molecule has 0 N–H and O–H groups in total. The van der Waals surface area contributed by atoms with Crippen LogP contribution in [0.5, 0.6) is 5.75 Å². The number of ether oxygens (including phenoxy) is 1. The molecule has 0 heterocycles. The van der Waals surface area contributed by atoms with Crippen molar-refractivity contribution < 1.29 is 13.9 Å². The van der Waals surface area contributed by atoms with Gasteiger partial charge in [0.05, 0.1) is 0 Å². The lowest BCUT2D eigenvalue weighted by atomic mass is 10.1. The standard InChI is InChI=1S/C13H18FNO2/c1-5-15(13(2,3)4)12(16)17-11-8-6-10(14)7-9-11/h6-9H,5H2,1-4H3. The maximum Gasteiger partial charge on any atom is 0.415 e. The molecule has 0 radical (unpaired) electrons. The second-order valence-electron chi connectivity index (χ2n) is 4.74. The monoisotopic (exact) mass is 239 g/mol. The van der Waals surface area contributed by atoms with E-state index < -0.39 is 6.09 Å². The lowest BCUT2D eigenvalue weighted by Gasteiger charge is -2.33. The minimum absolute atomic E-state index is 0.300. The fourth-order valence-corrected chi connectivity index (χ4v) is 1.54. The Morgan fingerprint density at radius 2 is 1.82 bits per heavy atom. The van der Waals surface area contributed by atoms with Crippen LogP contribution in [0.25, 0.3) is 0 Å². The summed E-state index contributed by atoms with van der Waals surface area (Å²) >= 11 is 0. The Bertz CT molecular complexity index is 381. The van der Waals surface area contributed by atoms with Crippen LogP contribution in [0.3, 0.4) is 0 Å². The smallest absolute Gasteiger partial charge is 0.410 e. The Balaban J connectivity index is 2.74. The molecule has 0 spiro atoms. The molecule has 0 aliphatic rings. The van der Waals surface area contributed by atoms with E-state index in [2.05, 4.69) is 0 Å². The summed E-state index contributed by atoms with van der Waals surface area (Å²) < 4.78 is 17.9. The van der Waals surface area contributed by atoms with Crippen molar-refractivity contribution in [2.24, 2.45) is 0 Å². The Morgan fingerprint density at radius 1 is 1.29 bits per heavy atom. The Morgan fingerprint density at radius 3 is 2.24 bits per heavy atom. The van der Waals surface area contributed by atoms with Crippen LogP contribution in [0.2, 0.25) is 0 Å². The van der Waals surface area contributed by atoms with E-state index in [1.807, 2.05) is 27.7 Å². The topological polar surface area (TPSA) is 29.5 Å². The van der Waals surface area contributed by atoms with Crippen molar-refractivity contribution in [1.29, 1.82) is 0 Å². The van der Waals surface area contributed by atoms with Gasteiger partial charge in [-0.25, -0.2) is 9.18 Å². The van der Waals surface area contributed by atoms with Crippen molar-refractivity contribution >= 4 is 6.09 Å². The Kier molecular flexibility index (Phi) is 4.10. The summed E-state index contributed by atoms with van der Waals surface area (Å²) in [5.74, 6) is -0.00734. The zero-order valence-electron chi connectivity index (χ0n) is 10.7. The molecule has 94 valence electrons. The van der Waals surface area contributed by atoms with Crippen molar-refractivity contribution in [3.8, 4) is 5.75 Å². The van der Waals surface area contributed by atoms with E-state index in [4.69, 9.17) is 4.74 Å². The average molecular weight is 239 g/mol. The molecule has 1 aromatic rings. The first-order chi connectivity index (χ1) is 7.84. The summed E-state index contributed by atoms with van der Waals surface area (Å²) in [6.45, 7) is 8.24. The van der Waals surface area contributed by atoms with Gasteiger partial charge in [0.15, 0.2) is 0 Å². The number of nitrogens with zero attached hydrogens (tertiary/aromatic N) is 1. The molecule has 0 aliphatic heterocycles. The summed E-state index contributed by atoms with van der Waals surface area (Å²) in [7, 11) is 0. The quantitative estimate of drug-likeness (QED) is 0.791. The third-order valence-corrected chi connectivity index (χ3v) is 2.37. The van der Waals surface area contributed by atoms with Crippen molar-refractivity contribution in [3.05, 3.63) is 30.1 Å². The minimum Gasteiger partial charge on any atom is -0.410 e. The highest BCUT2D eigenvalue weighted by Crippen LogP contribution is 2.17. The largest absolute Gasteiger partial charge is 0.415 e. The van der Waals surface area contributed by atoms with Gasteiger partial charge in [0.2, 0.25) is 0 Å². The van der Waals surface area contributed by atoms with Gasteiger partial charge in [-0.15, -0.1) is 0 Å². The first kappa shape index (κ1) is 13.5. The number of halogens is 1. The van der Waals surface area contributed by atoms with Crippen LogP contribution in [0.15, 0.2) is 24.3 Å². The van der Waals surface area contributed by atoms with Gasteiger partial charge in [-0.05, 0) is 52.0 Å². The second-order valence-corrected chi connectivity index (χ2v) is 4.74. The number of carbonyl (C=O) groups excluding carboxylic acids is 1. The number of hydrogen-bond donors (Lipinski definition) is 0. The van der Waals surface area contributed by atoms with Gasteiger partial charge in [0.25, 0.3) is 0 Å². The number of carbonyl (C=O) groups is 1. The van der Waals surface area contributed by atoms with Crippen LogP contribution < -0.4 is 4.74 Å². The summed E-state index contributed by atoms with van der Waals surface area (Å²) in [5, 5.41) is 0. The fraction of sp³-hybridized carbons (Fsp3) is 0.462. The third kappa shape index (κ3) is 3.73. The molecule has 3 nitrogen and oxygen atoms in total. The summed E-state index contributed by atoms with van der Waals surface area (Å²) in [6.07, 6.45) is -0.424. The lowest BCUT2D eigenvalue weighted by molar-refractivity contribution is 0.110. The normalized spacial score (nSPS) is 11.1. The van der Waals surface area contributed by atoms with Crippen LogP contribution in [-0.4, -0.2) is 23.1 Å². The van der Waals surface area contributed by atoms with Gasteiger partial charge < -0.3 is 9.64 Å². The van der Waals surface area contributed by atoms with Crippen LogP contribution in [0.4, 0.5) is 9.18 Å². The first-order valence-electron chi connectivity index (χ1n) is 5.59. The van der Waals surface area contributed by atoms with Gasteiger partial charge in [-0.2, -0.15) is 0 Å². The van der Waals surface area contributed by atoms with E-state index in [-0.39, 0.29) is 11.4 Å². The predicted molar refractivity (Wildman–Crippen MR) is 64.6 cm³/mol. The van der Waals surface area contributed by atoms with E-state index in [1.54, 1.807) is 4.90 Å². The fourth-order valence-electron chi connectivity index (χ4n) is 1.54. The lowest BCUT2D eigenvalue weighted by Crippen LogP contribution is -2.46. The maximum absolute atomic E-state index is 12.7. The molecule has 1 aromatic carbocycles. The molecular formula is C13H18FNO2. The minimum atomic E-state index is -0.424. The van der Waals surface area contributed by atoms with E-state index in [9.17, 15) is 9.18 Å². The van der Waals surface area contributed by atoms with Crippen LogP contribution in [0, 0.1) is 5.82 Å². The molecule has 0 saturated carbocycles. The molecule has 0 aromatic heterocycles. The molecule has 1 amide bonds. The molecule has 0 unspecified atom stereocenters. The molecular weight excluding hydrogens is 221 g/mol. The highest BCUT2D eigenvalue weighted by Gasteiger charge is 2.26. The SMILES string of the molecule is CCN(C(=O)Oc1ccc(F)cc1)C(C)(C)C. The number of benzene rings is 1. The number of rotatable bonds is 2. The molecule has 17 heavy (non-hydrogen) atoms. The number of hydrogen-bond acceptors (Lipinski definition) is 2. The van der Waals surface area contributed by atoms with Crippen molar-refractivity contribution in [3.63, 3.8) is 0 Å². The molecule has 0 aliphatic carbocycles. The van der Waals surface area contributed by atoms with Crippen LogP contribution in [-0.2, 0) is 0 Å². The zero-order valence-corrected chi connectivity index (χ0v) is 10.7. The maximum atomic E-state index is 12.7. The van der Waals surface area contributed by atoms with Gasteiger partial charge in [0, 0.05) is 12.1 Å². The summed E-state index contributed by atoms with van der Waals surface area (Å²) in [5.41, 5.74) is -0.300. The molecule has 0 atom stereocenters. The second kappa shape index (κ2) is 5.17. The molecule has 4 heteroatoms. The Hall–Kier alpha value is -1.58. The number of amides is 1. The van der Waals surface area contributed by atoms with E-state index >= 15 is 0 Å². The van der Waals surface area contributed by atoms with Gasteiger partial charge in [-0.3, -0.25) is 0 Å².